The quantitative estimate of drug-likeness (QED) is 0.156. The number of hydrogen-bond acceptors (Lipinski definition) is 9. The highest BCUT2D eigenvalue weighted by Crippen LogP contribution is 2.45. The topological polar surface area (TPSA) is 118 Å². The van der Waals surface area contributed by atoms with E-state index in [2.05, 4.69) is 40.6 Å². The standard InChI is InChI=1S/C39H42N6O4S3/c1-6-43(7-2)29-17-19-44(20-18-29)34(46)23-45-32-22-33(39(47)42-52(5,48)49)51-38(32)35(26-11-9-8-10-12-26)36(45)28-14-15-30-27(21-28)13-16-31(41-30)37-24(3)40-25(4)50-37/h8-16,21-22,29H,6-7,17-20,23H2,1-5H3,(H,42,47). The van der Waals surface area contributed by atoms with Gasteiger partial charge in [0.2, 0.25) is 15.9 Å². The summed E-state index contributed by atoms with van der Waals surface area (Å²) in [5.41, 5.74) is 6.96. The second kappa shape index (κ2) is 14.5. The Balaban J connectivity index is 1.36. The van der Waals surface area contributed by atoms with Crippen LogP contribution in [0.25, 0.3) is 54.1 Å². The van der Waals surface area contributed by atoms with Crippen molar-refractivity contribution in [1.82, 2.24) is 29.1 Å². The molecule has 1 saturated heterocycles. The third kappa shape index (κ3) is 7.14. The predicted octanol–water partition coefficient (Wildman–Crippen LogP) is 7.35. The average molecular weight is 755 g/mol. The van der Waals surface area contributed by atoms with Gasteiger partial charge in [-0.3, -0.25) is 9.59 Å². The molecule has 270 valence electrons. The Labute approximate surface area is 312 Å². The van der Waals surface area contributed by atoms with Gasteiger partial charge < -0.3 is 14.4 Å². The molecule has 0 aliphatic carbocycles. The number of thiophene rings is 1. The van der Waals surface area contributed by atoms with E-state index in [1.54, 1.807) is 17.4 Å². The van der Waals surface area contributed by atoms with E-state index in [1.807, 2.05) is 71.8 Å². The van der Waals surface area contributed by atoms with Gasteiger partial charge in [-0.15, -0.1) is 22.7 Å². The van der Waals surface area contributed by atoms with Crippen LogP contribution in [0.15, 0.2) is 66.7 Å². The van der Waals surface area contributed by atoms with Crippen molar-refractivity contribution >= 4 is 65.6 Å². The van der Waals surface area contributed by atoms with E-state index in [1.165, 1.54) is 11.3 Å². The summed E-state index contributed by atoms with van der Waals surface area (Å²) >= 11 is 2.86. The molecule has 7 rings (SSSR count). The molecule has 0 bridgehead atoms. The number of piperidine rings is 1. The molecule has 1 N–H and O–H groups in total. The van der Waals surface area contributed by atoms with Gasteiger partial charge in [-0.05, 0) is 75.2 Å². The summed E-state index contributed by atoms with van der Waals surface area (Å²) in [6.45, 7) is 11.8. The molecule has 2 amide bonds. The van der Waals surface area contributed by atoms with Crippen LogP contribution in [0.5, 0.6) is 0 Å². The number of benzene rings is 2. The van der Waals surface area contributed by atoms with Crippen molar-refractivity contribution in [2.45, 2.75) is 53.1 Å². The molecule has 2 aromatic carbocycles. The van der Waals surface area contributed by atoms with Gasteiger partial charge >= 0.3 is 0 Å². The van der Waals surface area contributed by atoms with Gasteiger partial charge in [0, 0.05) is 30.1 Å². The Bertz CT molecular complexity index is 2400. The molecule has 10 nitrogen and oxygen atoms in total. The smallest absolute Gasteiger partial charge is 0.274 e. The Morgan fingerprint density at radius 3 is 2.31 bits per heavy atom. The molecule has 0 unspecified atom stereocenters. The fourth-order valence-electron chi connectivity index (χ4n) is 7.42. The molecular weight excluding hydrogens is 713 g/mol. The molecule has 0 spiro atoms. The fourth-order valence-corrected chi connectivity index (χ4v) is 9.94. The first-order valence-electron chi connectivity index (χ1n) is 17.5. The van der Waals surface area contributed by atoms with Gasteiger partial charge in [0.1, 0.15) is 6.54 Å². The minimum absolute atomic E-state index is 0.00594. The number of nitrogens with zero attached hydrogens (tertiary/aromatic N) is 5. The van der Waals surface area contributed by atoms with Crippen molar-refractivity contribution in [3.63, 3.8) is 0 Å². The molecule has 1 fully saturated rings. The van der Waals surface area contributed by atoms with Crippen LogP contribution in [0, 0.1) is 13.8 Å². The Kier molecular flexibility index (Phi) is 10.0. The van der Waals surface area contributed by atoms with Gasteiger partial charge in [0.25, 0.3) is 5.91 Å². The summed E-state index contributed by atoms with van der Waals surface area (Å²) in [7, 11) is -3.78. The second-order valence-electron chi connectivity index (χ2n) is 13.3. The fraction of sp³-hybridized carbons (Fsp3) is 0.333. The number of aromatic nitrogens is 3. The number of rotatable bonds is 10. The van der Waals surface area contributed by atoms with Crippen molar-refractivity contribution in [2.75, 3.05) is 32.4 Å². The van der Waals surface area contributed by atoms with Gasteiger partial charge in [-0.25, -0.2) is 23.1 Å². The lowest BCUT2D eigenvalue weighted by molar-refractivity contribution is -0.133. The number of hydrogen-bond donors (Lipinski definition) is 1. The van der Waals surface area contributed by atoms with Gasteiger partial charge in [-0.1, -0.05) is 56.3 Å². The maximum atomic E-state index is 14.2. The first-order valence-corrected chi connectivity index (χ1v) is 21.1. The van der Waals surface area contributed by atoms with Crippen LogP contribution in [0.2, 0.25) is 0 Å². The average Bonchev–Trinajstić information content (AvgIpc) is 3.80. The van der Waals surface area contributed by atoms with E-state index in [0.717, 1.165) is 91.4 Å². The van der Waals surface area contributed by atoms with Crippen LogP contribution < -0.4 is 4.72 Å². The molecule has 5 heterocycles. The highest BCUT2D eigenvalue weighted by molar-refractivity contribution is 7.89. The Morgan fingerprint density at radius 2 is 1.65 bits per heavy atom. The lowest BCUT2D eigenvalue weighted by atomic mass is 9.99. The second-order valence-corrected chi connectivity index (χ2v) is 17.3. The molecule has 13 heteroatoms. The molecule has 4 aromatic heterocycles. The summed E-state index contributed by atoms with van der Waals surface area (Å²) in [5.74, 6) is -0.689. The molecule has 52 heavy (non-hydrogen) atoms. The van der Waals surface area contributed by atoms with E-state index < -0.39 is 15.9 Å². The summed E-state index contributed by atoms with van der Waals surface area (Å²) in [5, 5.41) is 1.95. The van der Waals surface area contributed by atoms with Crippen LogP contribution in [0.3, 0.4) is 0 Å². The monoisotopic (exact) mass is 754 g/mol. The molecular formula is C39H42N6O4S3. The third-order valence-electron chi connectivity index (χ3n) is 9.84. The number of nitrogens with one attached hydrogen (secondary N) is 1. The van der Waals surface area contributed by atoms with E-state index >= 15 is 0 Å². The number of likely N-dealkylation sites (tertiary alicyclic amines) is 1. The largest absolute Gasteiger partial charge is 0.341 e. The summed E-state index contributed by atoms with van der Waals surface area (Å²) in [6, 6.07) is 22.4. The summed E-state index contributed by atoms with van der Waals surface area (Å²) in [6.07, 6.45) is 2.81. The van der Waals surface area contributed by atoms with Crippen molar-refractivity contribution < 1.29 is 18.0 Å². The number of carbonyl (C=O) groups is 2. The van der Waals surface area contributed by atoms with Crippen LogP contribution in [-0.2, 0) is 21.4 Å². The zero-order valence-corrected chi connectivity index (χ0v) is 32.4. The lowest BCUT2D eigenvalue weighted by Crippen LogP contribution is -2.47. The normalized spacial score (nSPS) is 14.2. The third-order valence-corrected chi connectivity index (χ3v) is 12.6. The number of fused-ring (bicyclic) bond motifs is 2. The Morgan fingerprint density at radius 1 is 0.923 bits per heavy atom. The minimum Gasteiger partial charge on any atom is -0.341 e. The van der Waals surface area contributed by atoms with E-state index in [4.69, 9.17) is 4.98 Å². The first kappa shape index (κ1) is 36.0. The Hall–Kier alpha value is -4.43. The van der Waals surface area contributed by atoms with E-state index in [-0.39, 0.29) is 17.3 Å². The predicted molar refractivity (Wildman–Crippen MR) is 211 cm³/mol. The zero-order chi connectivity index (χ0) is 36.7. The minimum atomic E-state index is -3.78. The number of aryl methyl sites for hydroxylation is 2. The molecule has 6 aromatic rings. The van der Waals surface area contributed by atoms with Crippen molar-refractivity contribution in [3.05, 3.63) is 82.3 Å². The number of thiazole rings is 1. The van der Waals surface area contributed by atoms with Crippen LogP contribution in [-0.4, -0.2) is 83.0 Å². The zero-order valence-electron chi connectivity index (χ0n) is 30.0. The maximum absolute atomic E-state index is 14.2. The van der Waals surface area contributed by atoms with Gasteiger partial charge in [0.15, 0.2) is 0 Å². The van der Waals surface area contributed by atoms with Gasteiger partial charge in [0.05, 0.1) is 53.8 Å². The van der Waals surface area contributed by atoms with E-state index in [0.29, 0.717) is 24.6 Å². The molecule has 1 aliphatic heterocycles. The van der Waals surface area contributed by atoms with E-state index in [9.17, 15) is 18.0 Å². The highest BCUT2D eigenvalue weighted by atomic mass is 32.2. The van der Waals surface area contributed by atoms with Crippen LogP contribution in [0.4, 0.5) is 0 Å². The van der Waals surface area contributed by atoms with Crippen LogP contribution in [0.1, 0.15) is 47.1 Å². The van der Waals surface area contributed by atoms with Gasteiger partial charge in [-0.2, -0.15) is 0 Å². The summed E-state index contributed by atoms with van der Waals surface area (Å²) < 4.78 is 29.0. The molecule has 0 atom stereocenters. The molecule has 0 radical (unpaired) electrons. The maximum Gasteiger partial charge on any atom is 0.274 e. The lowest BCUT2D eigenvalue weighted by Gasteiger charge is -2.37. The SMILES string of the molecule is CCN(CC)C1CCN(C(=O)Cn2c(-c3ccc4nc(-c5sc(C)nc5C)ccc4c3)c(-c3ccccc3)c3sc(C(=O)NS(C)(=O)=O)cc32)CC1. The number of pyridine rings is 1. The van der Waals surface area contributed by atoms with Crippen molar-refractivity contribution in [3.8, 4) is 33.0 Å². The first-order chi connectivity index (χ1) is 24.9. The molecule has 0 saturated carbocycles. The number of sulfonamides is 1. The summed E-state index contributed by atoms with van der Waals surface area (Å²) in [4.78, 5) is 42.7. The molecule has 1 aliphatic rings. The number of carbonyl (C=O) groups excluding carboxylic acids is 2. The van der Waals surface area contributed by atoms with Crippen molar-refractivity contribution in [1.29, 1.82) is 0 Å². The van der Waals surface area contributed by atoms with Crippen molar-refractivity contribution in [2.24, 2.45) is 0 Å². The highest BCUT2D eigenvalue weighted by Gasteiger charge is 2.30. The number of amides is 2. The van der Waals surface area contributed by atoms with Crippen LogP contribution >= 0.6 is 22.7 Å².